The predicted octanol–water partition coefficient (Wildman–Crippen LogP) is 4.10. The Balaban J connectivity index is 1.46. The van der Waals surface area contributed by atoms with E-state index in [-0.39, 0.29) is 18.2 Å². The highest BCUT2D eigenvalue weighted by molar-refractivity contribution is 7.92. The largest absolute Gasteiger partial charge is 0.346 e. The number of amides is 1. The van der Waals surface area contributed by atoms with Crippen molar-refractivity contribution in [3.8, 4) is 17.2 Å². The molecule has 0 bridgehead atoms. The number of nitriles is 1. The molecule has 5 rings (SSSR count). The number of nitrogens with zero attached hydrogens (tertiary/aromatic N) is 3. The lowest BCUT2D eigenvalue weighted by Crippen LogP contribution is -2.24. The maximum absolute atomic E-state index is 12.7. The molecule has 0 atom stereocenters. The van der Waals surface area contributed by atoms with Crippen molar-refractivity contribution < 1.29 is 13.2 Å². The first-order valence-corrected chi connectivity index (χ1v) is 12.7. The Labute approximate surface area is 192 Å². The lowest BCUT2D eigenvalue weighted by atomic mass is 9.98. The average Bonchev–Trinajstić information content (AvgIpc) is 3.67. The third kappa shape index (κ3) is 4.31. The maximum Gasteiger partial charge on any atom is 0.233 e. The highest BCUT2D eigenvalue weighted by atomic mass is 32.2. The highest BCUT2D eigenvalue weighted by Crippen LogP contribution is 2.49. The van der Waals surface area contributed by atoms with E-state index in [2.05, 4.69) is 20.8 Å². The Bertz CT molecular complexity index is 1380. The summed E-state index contributed by atoms with van der Waals surface area (Å²) in [6, 6.07) is 11.6. The molecule has 2 fully saturated rings. The van der Waals surface area contributed by atoms with E-state index in [1.54, 1.807) is 11.0 Å². The van der Waals surface area contributed by atoms with Crippen LogP contribution in [0.3, 0.4) is 0 Å². The minimum Gasteiger partial charge on any atom is -0.346 e. The summed E-state index contributed by atoms with van der Waals surface area (Å²) in [6.07, 6.45) is 6.41. The molecule has 0 aliphatic heterocycles. The van der Waals surface area contributed by atoms with E-state index in [1.807, 2.05) is 37.4 Å². The number of pyridine rings is 1. The number of aromatic nitrogens is 2. The van der Waals surface area contributed by atoms with E-state index in [9.17, 15) is 13.2 Å². The van der Waals surface area contributed by atoms with Gasteiger partial charge in [0.15, 0.2) is 0 Å². The van der Waals surface area contributed by atoms with Crippen LogP contribution in [-0.4, -0.2) is 36.6 Å². The number of nitrogens with one attached hydrogen (secondary N) is 2. The zero-order valence-electron chi connectivity index (χ0n) is 18.3. The summed E-state index contributed by atoms with van der Waals surface area (Å²) in [5.74, 6) is 0.572. The van der Waals surface area contributed by atoms with Crippen LogP contribution in [-0.2, 0) is 14.8 Å². The molecule has 0 radical (unpaired) electrons. The minimum atomic E-state index is -3.56. The molecule has 2 aromatic heterocycles. The summed E-state index contributed by atoms with van der Waals surface area (Å²) in [4.78, 5) is 21.1. The van der Waals surface area contributed by atoms with E-state index < -0.39 is 15.4 Å². The first-order chi connectivity index (χ1) is 15.8. The van der Waals surface area contributed by atoms with Crippen molar-refractivity contribution in [1.82, 2.24) is 9.97 Å². The van der Waals surface area contributed by atoms with Gasteiger partial charge in [-0.15, -0.1) is 0 Å². The smallest absolute Gasteiger partial charge is 0.233 e. The van der Waals surface area contributed by atoms with Crippen LogP contribution in [0.4, 0.5) is 11.5 Å². The number of sulfonamides is 1. The van der Waals surface area contributed by atoms with Crippen LogP contribution in [0.1, 0.15) is 37.7 Å². The summed E-state index contributed by atoms with van der Waals surface area (Å²) < 4.78 is 28.1. The van der Waals surface area contributed by atoms with Crippen molar-refractivity contribution in [2.75, 3.05) is 15.4 Å². The first-order valence-electron chi connectivity index (χ1n) is 11.0. The number of hydrogen-bond donors (Lipinski definition) is 2. The van der Waals surface area contributed by atoms with Gasteiger partial charge in [-0.1, -0.05) is 6.07 Å². The molecule has 9 heteroatoms. The molecule has 2 N–H and O–H groups in total. The van der Waals surface area contributed by atoms with Crippen LogP contribution < -0.4 is 9.62 Å². The second-order valence-electron chi connectivity index (χ2n) is 9.24. The fourth-order valence-corrected chi connectivity index (χ4v) is 6.18. The van der Waals surface area contributed by atoms with Gasteiger partial charge in [0.2, 0.25) is 16.4 Å². The molecule has 2 aliphatic carbocycles. The molecule has 33 heavy (non-hydrogen) atoms. The summed E-state index contributed by atoms with van der Waals surface area (Å²) >= 11 is 0. The zero-order chi connectivity index (χ0) is 23.2. The van der Waals surface area contributed by atoms with Gasteiger partial charge in [-0.2, -0.15) is 5.26 Å². The Morgan fingerprint density at radius 2 is 2.06 bits per heavy atom. The van der Waals surface area contributed by atoms with Crippen LogP contribution in [0, 0.1) is 23.7 Å². The fourth-order valence-electron chi connectivity index (χ4n) is 4.42. The Hall–Kier alpha value is -3.38. The van der Waals surface area contributed by atoms with E-state index >= 15 is 0 Å². The lowest BCUT2D eigenvalue weighted by Gasteiger charge is -2.18. The van der Waals surface area contributed by atoms with E-state index in [0.29, 0.717) is 17.2 Å². The Morgan fingerprint density at radius 1 is 1.27 bits per heavy atom. The van der Waals surface area contributed by atoms with Gasteiger partial charge < -0.3 is 4.98 Å². The molecule has 1 amide bonds. The third-order valence-corrected chi connectivity index (χ3v) is 8.07. The molecule has 2 aliphatic rings. The van der Waals surface area contributed by atoms with Crippen LogP contribution in [0.5, 0.6) is 0 Å². The number of anilines is 2. The topological polar surface area (TPSA) is 119 Å². The quantitative estimate of drug-likeness (QED) is 0.463. The Kier molecular flexibility index (Phi) is 5.13. The van der Waals surface area contributed by atoms with Crippen molar-refractivity contribution in [2.45, 2.75) is 45.1 Å². The van der Waals surface area contributed by atoms with E-state index in [4.69, 9.17) is 5.26 Å². The van der Waals surface area contributed by atoms with Gasteiger partial charge in [0.1, 0.15) is 11.5 Å². The van der Waals surface area contributed by atoms with Crippen molar-refractivity contribution in [2.24, 2.45) is 5.41 Å². The van der Waals surface area contributed by atoms with E-state index in [0.717, 1.165) is 54.2 Å². The monoisotopic (exact) mass is 463 g/mol. The van der Waals surface area contributed by atoms with Crippen molar-refractivity contribution in [3.05, 3.63) is 42.1 Å². The van der Waals surface area contributed by atoms with Crippen LogP contribution in [0.15, 0.2) is 36.5 Å². The number of aromatic amines is 1. The molecule has 170 valence electrons. The molecule has 0 spiro atoms. The second-order valence-corrected chi connectivity index (χ2v) is 11.0. The number of carbonyl (C=O) groups is 1. The van der Waals surface area contributed by atoms with Crippen LogP contribution in [0.2, 0.25) is 0 Å². The normalized spacial score (nSPS) is 16.8. The third-order valence-electron chi connectivity index (χ3n) is 6.53. The van der Waals surface area contributed by atoms with Gasteiger partial charge in [-0.3, -0.25) is 14.4 Å². The Morgan fingerprint density at radius 3 is 2.70 bits per heavy atom. The number of hydrogen-bond acceptors (Lipinski definition) is 5. The van der Waals surface area contributed by atoms with Gasteiger partial charge in [-0.25, -0.2) is 13.4 Å². The minimum absolute atomic E-state index is 0.0330. The molecular weight excluding hydrogens is 438 g/mol. The van der Waals surface area contributed by atoms with E-state index in [1.165, 1.54) is 0 Å². The number of fused-ring (bicyclic) bond motifs is 1. The van der Waals surface area contributed by atoms with Crippen LogP contribution in [0.25, 0.3) is 22.2 Å². The van der Waals surface area contributed by atoms with Gasteiger partial charge >= 0.3 is 0 Å². The summed E-state index contributed by atoms with van der Waals surface area (Å²) in [5.41, 5.74) is 3.58. The zero-order valence-corrected chi connectivity index (χ0v) is 19.2. The SMILES string of the molecule is Cc1cc(NS(=O)(=O)CC2(CC#N)CC2)ccc1-c1cc(N(C=O)C2CC2)nc2[nH]ccc12. The van der Waals surface area contributed by atoms with Crippen LogP contribution >= 0.6 is 0 Å². The summed E-state index contributed by atoms with van der Waals surface area (Å²) in [6.45, 7) is 1.93. The number of H-pyrrole nitrogens is 1. The van der Waals surface area contributed by atoms with Crippen molar-refractivity contribution >= 4 is 39.0 Å². The predicted molar refractivity (Wildman–Crippen MR) is 127 cm³/mol. The fraction of sp³-hybridized carbons (Fsp3) is 0.375. The second kappa shape index (κ2) is 7.89. The van der Waals surface area contributed by atoms with Crippen molar-refractivity contribution in [3.63, 3.8) is 0 Å². The molecular formula is C24H25N5O3S. The summed E-state index contributed by atoms with van der Waals surface area (Å²) in [7, 11) is -3.56. The molecule has 3 aromatic rings. The van der Waals surface area contributed by atoms with Gasteiger partial charge in [-0.05, 0) is 79.0 Å². The number of aryl methyl sites for hydroxylation is 1. The van der Waals surface area contributed by atoms with Gasteiger partial charge in [0, 0.05) is 29.7 Å². The van der Waals surface area contributed by atoms with Gasteiger partial charge in [0.25, 0.3) is 0 Å². The molecule has 0 unspecified atom stereocenters. The number of rotatable bonds is 9. The molecule has 2 saturated carbocycles. The van der Waals surface area contributed by atoms with Gasteiger partial charge in [0.05, 0.1) is 11.8 Å². The van der Waals surface area contributed by atoms with Crippen molar-refractivity contribution in [1.29, 1.82) is 5.26 Å². The number of carbonyl (C=O) groups excluding carboxylic acids is 1. The molecule has 8 nitrogen and oxygen atoms in total. The maximum atomic E-state index is 12.7. The first kappa shape index (κ1) is 21.5. The standard InChI is InChI=1S/C24H25N5O3S/c1-16-12-17(28-33(31,32)14-24(7-8-24)9-10-25)2-5-19(16)21-13-22(29(15-30)18-3-4-18)27-23-20(21)6-11-26-23/h2,5-6,11-13,15,18,28H,3-4,7-9,14H2,1H3,(H,26,27). The lowest BCUT2D eigenvalue weighted by molar-refractivity contribution is -0.107. The highest BCUT2D eigenvalue weighted by Gasteiger charge is 2.46. The molecule has 2 heterocycles. The summed E-state index contributed by atoms with van der Waals surface area (Å²) in [5, 5.41) is 9.91. The molecule has 1 aromatic carbocycles. The number of benzene rings is 1. The average molecular weight is 464 g/mol. The molecule has 0 saturated heterocycles.